The molecule has 0 radical (unpaired) electrons. The van der Waals surface area contributed by atoms with E-state index in [2.05, 4.69) is 23.8 Å². The first-order valence-corrected chi connectivity index (χ1v) is 11.8. The normalized spacial score (nSPS) is 19.3. The Labute approximate surface area is 181 Å². The Hall–Kier alpha value is -1.61. The summed E-state index contributed by atoms with van der Waals surface area (Å²) in [6, 6.07) is 5.81. The summed E-state index contributed by atoms with van der Waals surface area (Å²) < 4.78 is 5.73. The van der Waals surface area contributed by atoms with Crippen LogP contribution in [0.4, 0.5) is 0 Å². The van der Waals surface area contributed by atoms with Crippen molar-refractivity contribution in [2.45, 2.75) is 84.0 Å². The van der Waals surface area contributed by atoms with Crippen molar-refractivity contribution in [2.75, 3.05) is 6.61 Å². The minimum Gasteiger partial charge on any atom is -0.492 e. The SMILES string of the molecule is CCCCC[C@H]1CC[C@H](c2cnc(-c3ccc(OCCCC)c(Cl)c3)nc2)CC1. The quantitative estimate of drug-likeness (QED) is 0.371. The van der Waals surface area contributed by atoms with Gasteiger partial charge in [0.2, 0.25) is 0 Å². The van der Waals surface area contributed by atoms with Crippen LogP contribution in [0.1, 0.15) is 89.5 Å². The molecule has 0 aliphatic heterocycles. The highest BCUT2D eigenvalue weighted by Crippen LogP contribution is 2.37. The fraction of sp³-hybridized carbons (Fsp3) is 0.600. The van der Waals surface area contributed by atoms with E-state index >= 15 is 0 Å². The predicted octanol–water partition coefficient (Wildman–Crippen LogP) is 7.83. The molecule has 1 aromatic heterocycles. The number of aromatic nitrogens is 2. The highest BCUT2D eigenvalue weighted by molar-refractivity contribution is 6.32. The third-order valence-electron chi connectivity index (χ3n) is 6.15. The molecular weight excluding hydrogens is 380 g/mol. The van der Waals surface area contributed by atoms with Crippen molar-refractivity contribution in [3.05, 3.63) is 41.2 Å². The molecule has 0 spiro atoms. The van der Waals surface area contributed by atoms with E-state index in [-0.39, 0.29) is 0 Å². The molecule has 1 heterocycles. The lowest BCUT2D eigenvalue weighted by molar-refractivity contribution is 0.302. The van der Waals surface area contributed by atoms with Gasteiger partial charge < -0.3 is 4.74 Å². The second-order valence-corrected chi connectivity index (χ2v) is 8.81. The lowest BCUT2D eigenvalue weighted by atomic mass is 9.77. The first-order chi connectivity index (χ1) is 14.2. The van der Waals surface area contributed by atoms with Crippen molar-refractivity contribution in [1.82, 2.24) is 9.97 Å². The van der Waals surface area contributed by atoms with Crippen LogP contribution in [0, 0.1) is 5.92 Å². The van der Waals surface area contributed by atoms with E-state index in [9.17, 15) is 0 Å². The Kier molecular flexibility index (Phi) is 8.79. The average Bonchev–Trinajstić information content (AvgIpc) is 2.76. The number of hydrogen-bond donors (Lipinski definition) is 0. The molecule has 0 saturated heterocycles. The van der Waals surface area contributed by atoms with Gasteiger partial charge in [0, 0.05) is 18.0 Å². The van der Waals surface area contributed by atoms with Crippen LogP contribution in [-0.2, 0) is 0 Å². The van der Waals surface area contributed by atoms with E-state index in [1.807, 2.05) is 30.6 Å². The summed E-state index contributed by atoms with van der Waals surface area (Å²) in [6.07, 6.45) is 16.9. The van der Waals surface area contributed by atoms with E-state index in [1.54, 1.807) is 0 Å². The number of benzene rings is 1. The zero-order valence-electron chi connectivity index (χ0n) is 18.0. The third kappa shape index (κ3) is 6.44. The van der Waals surface area contributed by atoms with E-state index in [4.69, 9.17) is 16.3 Å². The topological polar surface area (TPSA) is 35.0 Å². The van der Waals surface area contributed by atoms with Crippen LogP contribution in [0.5, 0.6) is 5.75 Å². The number of unbranched alkanes of at least 4 members (excludes halogenated alkanes) is 3. The van der Waals surface area contributed by atoms with Gasteiger partial charge in [0.05, 0.1) is 11.6 Å². The molecule has 4 heteroatoms. The van der Waals surface area contributed by atoms with E-state index < -0.39 is 0 Å². The van der Waals surface area contributed by atoms with Gasteiger partial charge in [-0.2, -0.15) is 0 Å². The summed E-state index contributed by atoms with van der Waals surface area (Å²) >= 11 is 6.39. The smallest absolute Gasteiger partial charge is 0.159 e. The summed E-state index contributed by atoms with van der Waals surface area (Å²) in [7, 11) is 0. The van der Waals surface area contributed by atoms with Gasteiger partial charge in [0.25, 0.3) is 0 Å². The Balaban J connectivity index is 1.56. The van der Waals surface area contributed by atoms with E-state index in [0.717, 1.165) is 35.9 Å². The molecule has 0 amide bonds. The van der Waals surface area contributed by atoms with E-state index in [0.29, 0.717) is 17.5 Å². The maximum absolute atomic E-state index is 6.39. The Bertz CT molecular complexity index is 739. The minimum atomic E-state index is 0.615. The summed E-state index contributed by atoms with van der Waals surface area (Å²) in [5.74, 6) is 3.00. The highest BCUT2D eigenvalue weighted by Gasteiger charge is 2.22. The summed E-state index contributed by atoms with van der Waals surface area (Å²) in [6.45, 7) is 5.13. The Morgan fingerprint density at radius 3 is 2.34 bits per heavy atom. The molecule has 2 aromatic rings. The fourth-order valence-electron chi connectivity index (χ4n) is 4.25. The maximum Gasteiger partial charge on any atom is 0.159 e. The van der Waals surface area contributed by atoms with Gasteiger partial charge in [-0.15, -0.1) is 0 Å². The molecule has 1 aromatic carbocycles. The van der Waals surface area contributed by atoms with Gasteiger partial charge in [0.15, 0.2) is 5.82 Å². The lowest BCUT2D eigenvalue weighted by Crippen LogP contribution is -2.14. The van der Waals surface area contributed by atoms with Gasteiger partial charge in [0.1, 0.15) is 5.75 Å². The minimum absolute atomic E-state index is 0.615. The van der Waals surface area contributed by atoms with Crippen molar-refractivity contribution < 1.29 is 4.74 Å². The molecule has 1 aliphatic rings. The van der Waals surface area contributed by atoms with Gasteiger partial charge in [-0.25, -0.2) is 9.97 Å². The van der Waals surface area contributed by atoms with Crippen molar-refractivity contribution in [3.8, 4) is 17.1 Å². The lowest BCUT2D eigenvalue weighted by Gasteiger charge is -2.28. The van der Waals surface area contributed by atoms with Crippen molar-refractivity contribution in [3.63, 3.8) is 0 Å². The molecule has 0 bridgehead atoms. The third-order valence-corrected chi connectivity index (χ3v) is 6.45. The monoisotopic (exact) mass is 414 g/mol. The number of nitrogens with zero attached hydrogens (tertiary/aromatic N) is 2. The zero-order valence-corrected chi connectivity index (χ0v) is 18.8. The van der Waals surface area contributed by atoms with Crippen LogP contribution in [0.3, 0.4) is 0 Å². The number of halogens is 1. The van der Waals surface area contributed by atoms with Crippen molar-refractivity contribution in [2.24, 2.45) is 5.92 Å². The molecule has 0 N–H and O–H groups in total. The second-order valence-electron chi connectivity index (χ2n) is 8.40. The summed E-state index contributed by atoms with van der Waals surface area (Å²) in [4.78, 5) is 9.28. The Morgan fingerprint density at radius 1 is 0.966 bits per heavy atom. The van der Waals surface area contributed by atoms with E-state index in [1.165, 1.54) is 56.9 Å². The van der Waals surface area contributed by atoms with Crippen LogP contribution in [0.15, 0.2) is 30.6 Å². The molecule has 3 nitrogen and oxygen atoms in total. The standard InChI is InChI=1S/C25H35ClN2O/c1-3-5-7-8-19-9-11-20(12-10-19)22-17-27-25(28-18-22)21-13-14-24(23(26)16-21)29-15-6-4-2/h13-14,16-20H,3-12,15H2,1-2H3/t19-,20-. The number of ether oxygens (including phenoxy) is 1. The predicted molar refractivity (Wildman–Crippen MR) is 122 cm³/mol. The Morgan fingerprint density at radius 2 is 1.69 bits per heavy atom. The molecule has 0 atom stereocenters. The number of rotatable bonds is 10. The molecule has 158 valence electrons. The zero-order chi connectivity index (χ0) is 20.5. The first-order valence-electron chi connectivity index (χ1n) is 11.5. The van der Waals surface area contributed by atoms with Crippen LogP contribution >= 0.6 is 11.6 Å². The molecular formula is C25H35ClN2O. The van der Waals surface area contributed by atoms with Crippen molar-refractivity contribution in [1.29, 1.82) is 0 Å². The molecule has 29 heavy (non-hydrogen) atoms. The van der Waals surface area contributed by atoms with Crippen LogP contribution in [0.25, 0.3) is 11.4 Å². The van der Waals surface area contributed by atoms with Crippen molar-refractivity contribution >= 4 is 11.6 Å². The fourth-order valence-corrected chi connectivity index (χ4v) is 4.48. The van der Waals surface area contributed by atoms with Gasteiger partial charge in [-0.05, 0) is 67.7 Å². The summed E-state index contributed by atoms with van der Waals surface area (Å²) in [5, 5.41) is 0.618. The van der Waals surface area contributed by atoms with Crippen LogP contribution in [-0.4, -0.2) is 16.6 Å². The average molecular weight is 415 g/mol. The van der Waals surface area contributed by atoms with Crippen LogP contribution in [0.2, 0.25) is 5.02 Å². The summed E-state index contributed by atoms with van der Waals surface area (Å²) in [5.41, 5.74) is 2.22. The van der Waals surface area contributed by atoms with Gasteiger partial charge in [-0.3, -0.25) is 0 Å². The molecule has 0 unspecified atom stereocenters. The molecule has 1 aliphatic carbocycles. The molecule has 1 fully saturated rings. The highest BCUT2D eigenvalue weighted by atomic mass is 35.5. The largest absolute Gasteiger partial charge is 0.492 e. The van der Waals surface area contributed by atoms with Gasteiger partial charge >= 0.3 is 0 Å². The second kappa shape index (κ2) is 11.5. The number of hydrogen-bond acceptors (Lipinski definition) is 3. The van der Waals surface area contributed by atoms with Crippen LogP contribution < -0.4 is 4.74 Å². The first kappa shape index (κ1) is 22.1. The molecule has 1 saturated carbocycles. The maximum atomic E-state index is 6.39. The van der Waals surface area contributed by atoms with Gasteiger partial charge in [-0.1, -0.05) is 57.6 Å². The molecule has 3 rings (SSSR count).